The zero-order chi connectivity index (χ0) is 10.3. The van der Waals surface area contributed by atoms with E-state index in [4.69, 9.17) is 10.5 Å². The van der Waals surface area contributed by atoms with Crippen LogP contribution in [0.25, 0.3) is 0 Å². The SMILES string of the molecule is COc1ncc(C2C(CN)C2(C)C)s1. The topological polar surface area (TPSA) is 48.1 Å². The highest BCUT2D eigenvalue weighted by molar-refractivity contribution is 7.13. The minimum atomic E-state index is 0.340. The van der Waals surface area contributed by atoms with Gasteiger partial charge in [0.05, 0.1) is 7.11 Å². The Morgan fingerprint density at radius 2 is 2.36 bits per heavy atom. The Balaban J connectivity index is 2.18. The average molecular weight is 212 g/mol. The summed E-state index contributed by atoms with van der Waals surface area (Å²) in [7, 11) is 1.65. The maximum atomic E-state index is 5.73. The minimum absolute atomic E-state index is 0.340. The van der Waals surface area contributed by atoms with Crippen molar-refractivity contribution in [1.82, 2.24) is 4.98 Å². The number of hydrogen-bond acceptors (Lipinski definition) is 4. The van der Waals surface area contributed by atoms with E-state index in [1.807, 2.05) is 6.20 Å². The number of ether oxygens (including phenoxy) is 1. The van der Waals surface area contributed by atoms with E-state index in [-0.39, 0.29) is 0 Å². The summed E-state index contributed by atoms with van der Waals surface area (Å²) < 4.78 is 5.09. The highest BCUT2D eigenvalue weighted by Crippen LogP contribution is 2.64. The Labute approximate surface area is 88.3 Å². The van der Waals surface area contributed by atoms with Gasteiger partial charge in [0.1, 0.15) is 0 Å². The van der Waals surface area contributed by atoms with Gasteiger partial charge in [-0.15, -0.1) is 0 Å². The highest BCUT2D eigenvalue weighted by atomic mass is 32.1. The van der Waals surface area contributed by atoms with Gasteiger partial charge in [-0.2, -0.15) is 0 Å². The molecular weight excluding hydrogens is 196 g/mol. The third-order valence-electron chi connectivity index (χ3n) is 3.29. The normalized spacial score (nSPS) is 28.9. The molecule has 3 nitrogen and oxygen atoms in total. The van der Waals surface area contributed by atoms with Crippen LogP contribution >= 0.6 is 11.3 Å². The molecular formula is C10H16N2OS. The van der Waals surface area contributed by atoms with Crippen molar-refractivity contribution < 1.29 is 4.74 Å². The van der Waals surface area contributed by atoms with E-state index in [9.17, 15) is 0 Å². The molecule has 4 heteroatoms. The van der Waals surface area contributed by atoms with Gasteiger partial charge in [0.25, 0.3) is 5.19 Å². The minimum Gasteiger partial charge on any atom is -0.473 e. The molecule has 0 radical (unpaired) electrons. The van der Waals surface area contributed by atoms with Crippen molar-refractivity contribution in [3.8, 4) is 5.19 Å². The lowest BCUT2D eigenvalue weighted by Crippen LogP contribution is -2.05. The van der Waals surface area contributed by atoms with Gasteiger partial charge in [0.15, 0.2) is 0 Å². The van der Waals surface area contributed by atoms with Gasteiger partial charge in [0, 0.05) is 17.0 Å². The third kappa shape index (κ3) is 1.33. The lowest BCUT2D eigenvalue weighted by Gasteiger charge is -1.98. The predicted octanol–water partition coefficient (Wildman–Crippen LogP) is 1.85. The van der Waals surface area contributed by atoms with E-state index in [1.165, 1.54) is 4.88 Å². The number of hydrogen-bond donors (Lipinski definition) is 1. The summed E-state index contributed by atoms with van der Waals surface area (Å²) in [5, 5.41) is 0.749. The maximum absolute atomic E-state index is 5.73. The molecule has 2 unspecified atom stereocenters. The van der Waals surface area contributed by atoms with Crippen molar-refractivity contribution in [2.75, 3.05) is 13.7 Å². The first kappa shape index (κ1) is 9.93. The first-order chi connectivity index (χ1) is 6.61. The molecule has 0 spiro atoms. The standard InChI is InChI=1S/C10H16N2OS/c1-10(2)6(4-11)8(10)7-5-12-9(13-3)14-7/h5-6,8H,4,11H2,1-3H3. The zero-order valence-corrected chi connectivity index (χ0v) is 9.60. The molecule has 1 aliphatic carbocycles. The molecule has 2 atom stereocenters. The van der Waals surface area contributed by atoms with Crippen molar-refractivity contribution in [2.45, 2.75) is 19.8 Å². The van der Waals surface area contributed by atoms with Gasteiger partial charge in [0.2, 0.25) is 0 Å². The van der Waals surface area contributed by atoms with Crippen molar-refractivity contribution in [1.29, 1.82) is 0 Å². The summed E-state index contributed by atoms with van der Waals surface area (Å²) >= 11 is 1.64. The predicted molar refractivity (Wildman–Crippen MR) is 57.7 cm³/mol. The molecule has 1 fully saturated rings. The second-order valence-corrected chi connectivity index (χ2v) is 5.40. The molecule has 2 N–H and O–H groups in total. The molecule has 1 aliphatic rings. The monoisotopic (exact) mass is 212 g/mol. The number of nitrogens with zero attached hydrogens (tertiary/aromatic N) is 1. The molecule has 1 heterocycles. The van der Waals surface area contributed by atoms with Crippen molar-refractivity contribution in [3.05, 3.63) is 11.1 Å². The quantitative estimate of drug-likeness (QED) is 0.831. The van der Waals surface area contributed by atoms with E-state index < -0.39 is 0 Å². The van der Waals surface area contributed by atoms with Crippen molar-refractivity contribution in [3.63, 3.8) is 0 Å². The summed E-state index contributed by atoms with van der Waals surface area (Å²) in [5.74, 6) is 1.18. The lowest BCUT2D eigenvalue weighted by atomic mass is 10.1. The van der Waals surface area contributed by atoms with E-state index in [0.29, 0.717) is 17.3 Å². The van der Waals surface area contributed by atoms with Gasteiger partial charge in [-0.3, -0.25) is 0 Å². The second kappa shape index (κ2) is 3.21. The first-order valence-electron chi connectivity index (χ1n) is 4.81. The Bertz CT molecular complexity index is 335. The highest BCUT2D eigenvalue weighted by Gasteiger charge is 2.58. The molecule has 0 aromatic carbocycles. The van der Waals surface area contributed by atoms with Crippen LogP contribution in [-0.4, -0.2) is 18.6 Å². The second-order valence-electron chi connectivity index (χ2n) is 4.37. The fraction of sp³-hybridized carbons (Fsp3) is 0.700. The number of aromatic nitrogens is 1. The molecule has 0 saturated heterocycles. The van der Waals surface area contributed by atoms with E-state index in [2.05, 4.69) is 18.8 Å². The van der Waals surface area contributed by atoms with Crippen LogP contribution in [0.3, 0.4) is 0 Å². The number of rotatable bonds is 3. The summed E-state index contributed by atoms with van der Waals surface area (Å²) in [6, 6.07) is 0. The van der Waals surface area contributed by atoms with Crippen molar-refractivity contribution in [2.24, 2.45) is 17.1 Å². The van der Waals surface area contributed by atoms with E-state index >= 15 is 0 Å². The lowest BCUT2D eigenvalue weighted by molar-refractivity contribution is 0.412. The first-order valence-corrected chi connectivity index (χ1v) is 5.62. The van der Waals surface area contributed by atoms with E-state index in [1.54, 1.807) is 18.4 Å². The number of thiazole rings is 1. The van der Waals surface area contributed by atoms with Gasteiger partial charge in [-0.1, -0.05) is 25.2 Å². The smallest absolute Gasteiger partial charge is 0.273 e. The summed E-state index contributed by atoms with van der Waals surface area (Å²) in [6.45, 7) is 5.29. The van der Waals surface area contributed by atoms with Crippen LogP contribution in [0.15, 0.2) is 6.20 Å². The van der Waals surface area contributed by atoms with Crippen LogP contribution in [-0.2, 0) is 0 Å². The van der Waals surface area contributed by atoms with Crippen LogP contribution in [0, 0.1) is 11.3 Å². The fourth-order valence-corrected chi connectivity index (χ4v) is 3.35. The van der Waals surface area contributed by atoms with Crippen LogP contribution < -0.4 is 10.5 Å². The molecule has 1 aromatic heterocycles. The largest absolute Gasteiger partial charge is 0.473 e. The van der Waals surface area contributed by atoms with Gasteiger partial charge < -0.3 is 10.5 Å². The summed E-state index contributed by atoms with van der Waals surface area (Å²) in [6.07, 6.45) is 1.92. The molecule has 1 aromatic rings. The number of nitrogens with two attached hydrogens (primary N) is 1. The third-order valence-corrected chi connectivity index (χ3v) is 4.33. The molecule has 14 heavy (non-hydrogen) atoms. The molecule has 78 valence electrons. The van der Waals surface area contributed by atoms with Gasteiger partial charge >= 0.3 is 0 Å². The Hall–Kier alpha value is -0.610. The van der Waals surface area contributed by atoms with Crippen LogP contribution in [0.1, 0.15) is 24.6 Å². The fourth-order valence-electron chi connectivity index (χ4n) is 2.26. The summed E-state index contributed by atoms with van der Waals surface area (Å²) in [5.41, 5.74) is 6.07. The van der Waals surface area contributed by atoms with Crippen LogP contribution in [0.2, 0.25) is 0 Å². The Kier molecular flexibility index (Phi) is 2.27. The molecule has 0 amide bonds. The average Bonchev–Trinajstić information content (AvgIpc) is 2.55. The van der Waals surface area contributed by atoms with E-state index in [0.717, 1.165) is 11.7 Å². The Morgan fingerprint density at radius 1 is 1.64 bits per heavy atom. The number of methoxy groups -OCH3 is 1. The molecule has 0 bridgehead atoms. The Morgan fingerprint density at radius 3 is 2.79 bits per heavy atom. The van der Waals surface area contributed by atoms with Gasteiger partial charge in [-0.25, -0.2) is 4.98 Å². The zero-order valence-electron chi connectivity index (χ0n) is 8.78. The van der Waals surface area contributed by atoms with Crippen LogP contribution in [0.5, 0.6) is 5.19 Å². The van der Waals surface area contributed by atoms with Crippen molar-refractivity contribution >= 4 is 11.3 Å². The van der Waals surface area contributed by atoms with Crippen LogP contribution in [0.4, 0.5) is 0 Å². The maximum Gasteiger partial charge on any atom is 0.273 e. The van der Waals surface area contributed by atoms with Gasteiger partial charge in [-0.05, 0) is 17.9 Å². The summed E-state index contributed by atoms with van der Waals surface area (Å²) in [4.78, 5) is 5.49. The molecule has 1 saturated carbocycles. The molecule has 0 aliphatic heterocycles. The molecule has 2 rings (SSSR count).